The summed E-state index contributed by atoms with van der Waals surface area (Å²) < 4.78 is 0. The number of nitro benzene ring substituents is 1. The third-order valence-electron chi connectivity index (χ3n) is 5.33. The molecule has 0 saturated heterocycles. The number of para-hydroxylation sites is 1. The number of allylic oxidation sites excluding steroid dienone is 2. The summed E-state index contributed by atoms with van der Waals surface area (Å²) in [5, 5.41) is 17.2. The SMILES string of the molecule is CNC(=O)c1cccc2c1NC(c1ccc([N+](=O)[O-])cc1)C1CC=CC21. The summed E-state index contributed by atoms with van der Waals surface area (Å²) in [5.41, 5.74) is 3.67. The zero-order chi connectivity index (χ0) is 18.3. The molecule has 1 aliphatic carbocycles. The van der Waals surface area contributed by atoms with Crippen LogP contribution in [0.1, 0.15) is 39.9 Å². The van der Waals surface area contributed by atoms with Crippen molar-refractivity contribution in [2.45, 2.75) is 18.4 Å². The van der Waals surface area contributed by atoms with Gasteiger partial charge in [-0.1, -0.05) is 36.4 Å². The molecule has 1 heterocycles. The van der Waals surface area contributed by atoms with Crippen LogP contribution in [0.4, 0.5) is 11.4 Å². The molecule has 3 atom stereocenters. The van der Waals surface area contributed by atoms with Crippen molar-refractivity contribution < 1.29 is 9.72 Å². The Morgan fingerprint density at radius 2 is 2.00 bits per heavy atom. The van der Waals surface area contributed by atoms with Gasteiger partial charge in [-0.2, -0.15) is 0 Å². The first-order valence-corrected chi connectivity index (χ1v) is 8.62. The number of non-ortho nitro benzene ring substituents is 1. The fourth-order valence-corrected chi connectivity index (χ4v) is 4.08. The van der Waals surface area contributed by atoms with E-state index < -0.39 is 4.92 Å². The molecule has 2 aromatic carbocycles. The molecule has 2 aliphatic rings. The summed E-state index contributed by atoms with van der Waals surface area (Å²) in [6.07, 6.45) is 5.32. The van der Waals surface area contributed by atoms with E-state index in [-0.39, 0.29) is 23.6 Å². The van der Waals surface area contributed by atoms with Crippen LogP contribution in [0.2, 0.25) is 0 Å². The number of fused-ring (bicyclic) bond motifs is 3. The Balaban J connectivity index is 1.78. The van der Waals surface area contributed by atoms with E-state index >= 15 is 0 Å². The first kappa shape index (κ1) is 16.3. The number of carbonyl (C=O) groups is 1. The number of rotatable bonds is 3. The van der Waals surface area contributed by atoms with Gasteiger partial charge in [0.2, 0.25) is 0 Å². The number of hydrogen-bond acceptors (Lipinski definition) is 4. The lowest BCUT2D eigenvalue weighted by atomic mass is 9.76. The van der Waals surface area contributed by atoms with Crippen LogP contribution < -0.4 is 10.6 Å². The van der Waals surface area contributed by atoms with Gasteiger partial charge in [-0.25, -0.2) is 0 Å². The van der Waals surface area contributed by atoms with Crippen molar-refractivity contribution >= 4 is 17.3 Å². The van der Waals surface area contributed by atoms with Crippen LogP contribution in [0, 0.1) is 16.0 Å². The highest BCUT2D eigenvalue weighted by molar-refractivity contribution is 6.00. The molecule has 0 aromatic heterocycles. The van der Waals surface area contributed by atoms with Gasteiger partial charge in [-0.05, 0) is 29.5 Å². The minimum absolute atomic E-state index is 0.00545. The number of nitro groups is 1. The average Bonchev–Trinajstić information content (AvgIpc) is 3.16. The van der Waals surface area contributed by atoms with Crippen LogP contribution in [-0.2, 0) is 0 Å². The number of carbonyl (C=O) groups excluding carboxylic acids is 1. The van der Waals surface area contributed by atoms with Crippen molar-refractivity contribution in [3.05, 3.63) is 81.4 Å². The minimum Gasteiger partial charge on any atom is -0.377 e. The highest BCUT2D eigenvalue weighted by atomic mass is 16.6. The lowest BCUT2D eigenvalue weighted by molar-refractivity contribution is -0.384. The maximum Gasteiger partial charge on any atom is 0.269 e. The summed E-state index contributed by atoms with van der Waals surface area (Å²) in [4.78, 5) is 22.8. The van der Waals surface area contributed by atoms with Crippen LogP contribution >= 0.6 is 0 Å². The fourth-order valence-electron chi connectivity index (χ4n) is 4.08. The van der Waals surface area contributed by atoms with E-state index in [4.69, 9.17) is 0 Å². The van der Waals surface area contributed by atoms with E-state index in [1.54, 1.807) is 19.2 Å². The third kappa shape index (κ3) is 2.54. The van der Waals surface area contributed by atoms with E-state index in [0.29, 0.717) is 11.5 Å². The summed E-state index contributed by atoms with van der Waals surface area (Å²) in [5.74, 6) is 0.428. The number of benzene rings is 2. The molecule has 0 fully saturated rings. The topological polar surface area (TPSA) is 84.3 Å². The second-order valence-electron chi connectivity index (χ2n) is 6.67. The predicted molar refractivity (Wildman–Crippen MR) is 99.3 cm³/mol. The number of hydrogen-bond donors (Lipinski definition) is 2. The third-order valence-corrected chi connectivity index (χ3v) is 5.33. The molecule has 6 nitrogen and oxygen atoms in total. The first-order chi connectivity index (χ1) is 12.6. The number of nitrogens with zero attached hydrogens (tertiary/aromatic N) is 1. The molecular weight excluding hydrogens is 330 g/mol. The van der Waals surface area contributed by atoms with E-state index in [1.165, 1.54) is 12.1 Å². The fraction of sp³-hybridized carbons (Fsp3) is 0.250. The average molecular weight is 349 g/mol. The molecule has 4 rings (SSSR count). The number of nitrogens with one attached hydrogen (secondary N) is 2. The molecule has 0 bridgehead atoms. The molecule has 132 valence electrons. The summed E-state index contributed by atoms with van der Waals surface area (Å²) >= 11 is 0. The Labute approximate surface area is 151 Å². The quantitative estimate of drug-likeness (QED) is 0.502. The van der Waals surface area contributed by atoms with Crippen LogP contribution in [-0.4, -0.2) is 17.9 Å². The molecule has 0 saturated carbocycles. The molecule has 0 spiro atoms. The van der Waals surface area contributed by atoms with Crippen molar-refractivity contribution in [3.8, 4) is 0 Å². The van der Waals surface area contributed by atoms with E-state index in [2.05, 4.69) is 28.9 Å². The summed E-state index contributed by atoms with van der Waals surface area (Å²) in [6.45, 7) is 0. The Hall–Kier alpha value is -3.15. The van der Waals surface area contributed by atoms with Gasteiger partial charge in [0.05, 0.1) is 22.2 Å². The molecule has 2 N–H and O–H groups in total. The van der Waals surface area contributed by atoms with Crippen LogP contribution in [0.15, 0.2) is 54.6 Å². The standard InChI is InChI=1S/C20H19N3O3/c1-21-20(24)17-7-3-6-16-14-4-2-5-15(14)18(22-19(16)17)12-8-10-13(11-9-12)23(25)26/h2-4,6-11,14-15,18,22H,5H2,1H3,(H,21,24). The molecule has 1 aliphatic heterocycles. The van der Waals surface area contributed by atoms with E-state index in [0.717, 1.165) is 23.2 Å². The van der Waals surface area contributed by atoms with Gasteiger partial charge in [0.15, 0.2) is 0 Å². The van der Waals surface area contributed by atoms with Gasteiger partial charge in [-0.15, -0.1) is 0 Å². The Morgan fingerprint density at radius 1 is 1.23 bits per heavy atom. The van der Waals surface area contributed by atoms with Gasteiger partial charge in [0, 0.05) is 25.1 Å². The molecule has 1 amide bonds. The van der Waals surface area contributed by atoms with Crippen molar-refractivity contribution in [3.63, 3.8) is 0 Å². The van der Waals surface area contributed by atoms with Crippen LogP contribution in [0.5, 0.6) is 0 Å². The summed E-state index contributed by atoms with van der Waals surface area (Å²) in [7, 11) is 1.62. The van der Waals surface area contributed by atoms with Crippen molar-refractivity contribution in [1.82, 2.24) is 5.32 Å². The first-order valence-electron chi connectivity index (χ1n) is 8.62. The van der Waals surface area contributed by atoms with Crippen molar-refractivity contribution in [2.75, 3.05) is 12.4 Å². The Kier molecular flexibility index (Phi) is 3.95. The zero-order valence-corrected chi connectivity index (χ0v) is 14.3. The normalized spacial score (nSPS) is 22.9. The Morgan fingerprint density at radius 3 is 2.69 bits per heavy atom. The molecule has 26 heavy (non-hydrogen) atoms. The van der Waals surface area contributed by atoms with Crippen LogP contribution in [0.3, 0.4) is 0 Å². The number of amides is 1. The van der Waals surface area contributed by atoms with Crippen molar-refractivity contribution in [2.24, 2.45) is 5.92 Å². The highest BCUT2D eigenvalue weighted by Gasteiger charge is 2.39. The van der Waals surface area contributed by atoms with Gasteiger partial charge >= 0.3 is 0 Å². The van der Waals surface area contributed by atoms with Gasteiger partial charge in [0.1, 0.15) is 0 Å². The Bertz CT molecular complexity index is 905. The number of anilines is 1. The molecule has 3 unspecified atom stereocenters. The zero-order valence-electron chi connectivity index (χ0n) is 14.3. The maximum absolute atomic E-state index is 12.3. The highest BCUT2D eigenvalue weighted by Crippen LogP contribution is 2.50. The second-order valence-corrected chi connectivity index (χ2v) is 6.67. The van der Waals surface area contributed by atoms with Gasteiger partial charge in [0.25, 0.3) is 11.6 Å². The summed E-state index contributed by atoms with van der Waals surface area (Å²) in [6, 6.07) is 12.5. The van der Waals surface area contributed by atoms with E-state index in [9.17, 15) is 14.9 Å². The largest absolute Gasteiger partial charge is 0.377 e. The molecular formula is C20H19N3O3. The lowest BCUT2D eigenvalue weighted by Crippen LogP contribution is -2.31. The van der Waals surface area contributed by atoms with Gasteiger partial charge in [-0.3, -0.25) is 14.9 Å². The molecule has 0 radical (unpaired) electrons. The second kappa shape index (κ2) is 6.29. The lowest BCUT2D eigenvalue weighted by Gasteiger charge is -2.38. The van der Waals surface area contributed by atoms with Gasteiger partial charge < -0.3 is 10.6 Å². The van der Waals surface area contributed by atoms with E-state index in [1.807, 2.05) is 12.1 Å². The predicted octanol–water partition coefficient (Wildman–Crippen LogP) is 3.78. The smallest absolute Gasteiger partial charge is 0.269 e. The maximum atomic E-state index is 12.3. The minimum atomic E-state index is -0.392. The molecule has 6 heteroatoms. The van der Waals surface area contributed by atoms with Crippen molar-refractivity contribution in [1.29, 1.82) is 0 Å². The molecule has 2 aromatic rings. The monoisotopic (exact) mass is 349 g/mol. The van der Waals surface area contributed by atoms with Crippen LogP contribution in [0.25, 0.3) is 0 Å².